The number of hydrogen-bond acceptors (Lipinski definition) is 5. The standard InChI is InChI=1S/C25H34ClN5O3/c26-21-7-4-8-22(15-21)34-18-25(16-24(33)29-11-2-1-3-12-29)10-6-13-30(17-25)23(32)9-5-14-31-20-27-19-28-31/h4,7-8,15,19-20H,1-3,5-6,9-14,16-18H2. The van der Waals surface area contributed by atoms with E-state index < -0.39 is 5.41 Å². The van der Waals surface area contributed by atoms with E-state index in [1.165, 1.54) is 12.7 Å². The average molecular weight is 488 g/mol. The zero-order valence-corrected chi connectivity index (χ0v) is 20.5. The zero-order chi connectivity index (χ0) is 23.8. The van der Waals surface area contributed by atoms with Crippen LogP contribution in [0.15, 0.2) is 36.9 Å². The molecule has 3 heterocycles. The Bertz CT molecular complexity index is 948. The number of ether oxygens (including phenoxy) is 1. The van der Waals surface area contributed by atoms with Crippen LogP contribution in [0.2, 0.25) is 5.02 Å². The first-order valence-corrected chi connectivity index (χ1v) is 12.7. The number of aryl methyl sites for hydroxylation is 1. The number of halogens is 1. The first kappa shape index (κ1) is 24.5. The minimum Gasteiger partial charge on any atom is -0.493 e. The average Bonchev–Trinajstić information content (AvgIpc) is 3.37. The second-order valence-corrected chi connectivity index (χ2v) is 9.98. The Balaban J connectivity index is 1.41. The van der Waals surface area contributed by atoms with Crippen molar-refractivity contribution in [2.24, 2.45) is 5.41 Å². The van der Waals surface area contributed by atoms with Gasteiger partial charge in [0.25, 0.3) is 0 Å². The van der Waals surface area contributed by atoms with Gasteiger partial charge in [-0.25, -0.2) is 4.98 Å². The van der Waals surface area contributed by atoms with E-state index in [1.54, 1.807) is 17.1 Å². The number of rotatable bonds is 9. The zero-order valence-electron chi connectivity index (χ0n) is 19.7. The van der Waals surface area contributed by atoms with E-state index in [0.29, 0.717) is 49.7 Å². The maximum atomic E-state index is 13.2. The van der Waals surface area contributed by atoms with E-state index in [9.17, 15) is 9.59 Å². The molecule has 0 N–H and O–H groups in total. The summed E-state index contributed by atoms with van der Waals surface area (Å²) in [5.74, 6) is 0.987. The van der Waals surface area contributed by atoms with Gasteiger partial charge >= 0.3 is 0 Å². The van der Waals surface area contributed by atoms with Crippen molar-refractivity contribution in [1.29, 1.82) is 0 Å². The summed E-state index contributed by atoms with van der Waals surface area (Å²) < 4.78 is 7.90. The van der Waals surface area contributed by atoms with Crippen LogP contribution in [-0.4, -0.2) is 69.2 Å². The number of carbonyl (C=O) groups is 2. The number of benzene rings is 1. The molecular weight excluding hydrogens is 454 g/mol. The van der Waals surface area contributed by atoms with Crippen LogP contribution in [0.4, 0.5) is 0 Å². The summed E-state index contributed by atoms with van der Waals surface area (Å²) in [6, 6.07) is 7.33. The molecule has 0 bridgehead atoms. The highest BCUT2D eigenvalue weighted by molar-refractivity contribution is 6.30. The fourth-order valence-corrected chi connectivity index (χ4v) is 5.18. The third kappa shape index (κ3) is 6.72. The van der Waals surface area contributed by atoms with Crippen LogP contribution >= 0.6 is 11.6 Å². The van der Waals surface area contributed by atoms with Gasteiger partial charge in [-0.05, 0) is 56.7 Å². The van der Waals surface area contributed by atoms with Gasteiger partial charge in [0, 0.05) is 56.0 Å². The summed E-state index contributed by atoms with van der Waals surface area (Å²) in [6.45, 7) is 3.96. The summed E-state index contributed by atoms with van der Waals surface area (Å²) in [5, 5.41) is 4.71. The molecule has 2 aliphatic heterocycles. The quantitative estimate of drug-likeness (QED) is 0.537. The molecule has 8 nitrogen and oxygen atoms in total. The van der Waals surface area contributed by atoms with Crippen LogP contribution in [-0.2, 0) is 16.1 Å². The van der Waals surface area contributed by atoms with Gasteiger partial charge in [0.2, 0.25) is 11.8 Å². The van der Waals surface area contributed by atoms with Crippen molar-refractivity contribution in [2.75, 3.05) is 32.8 Å². The highest BCUT2D eigenvalue weighted by Gasteiger charge is 2.40. The van der Waals surface area contributed by atoms with E-state index in [-0.39, 0.29) is 11.8 Å². The lowest BCUT2D eigenvalue weighted by Gasteiger charge is -2.43. The molecule has 0 aliphatic carbocycles. The van der Waals surface area contributed by atoms with Crippen molar-refractivity contribution < 1.29 is 14.3 Å². The minimum absolute atomic E-state index is 0.123. The Hall–Kier alpha value is -2.61. The molecule has 9 heteroatoms. The molecular formula is C25H34ClN5O3. The summed E-state index contributed by atoms with van der Waals surface area (Å²) >= 11 is 6.13. The van der Waals surface area contributed by atoms with Crippen LogP contribution in [0.25, 0.3) is 0 Å². The van der Waals surface area contributed by atoms with E-state index in [2.05, 4.69) is 10.1 Å². The molecule has 1 atom stereocenters. The molecule has 184 valence electrons. The van der Waals surface area contributed by atoms with Gasteiger partial charge in [0.1, 0.15) is 18.4 Å². The minimum atomic E-state index is -0.406. The molecule has 0 radical (unpaired) electrons. The van der Waals surface area contributed by atoms with E-state index >= 15 is 0 Å². The van der Waals surface area contributed by atoms with Gasteiger partial charge in [-0.1, -0.05) is 17.7 Å². The Kier molecular flexibility index (Phi) is 8.43. The maximum Gasteiger partial charge on any atom is 0.223 e. The third-order valence-electron chi connectivity index (χ3n) is 6.83. The van der Waals surface area contributed by atoms with Crippen molar-refractivity contribution in [1.82, 2.24) is 24.6 Å². The largest absolute Gasteiger partial charge is 0.493 e. The fourth-order valence-electron chi connectivity index (χ4n) is 5.00. The summed E-state index contributed by atoms with van der Waals surface area (Å²) in [5.41, 5.74) is -0.406. The Morgan fingerprint density at radius 2 is 1.88 bits per heavy atom. The summed E-state index contributed by atoms with van der Waals surface area (Å²) in [6.07, 6.45) is 9.75. The van der Waals surface area contributed by atoms with Gasteiger partial charge < -0.3 is 14.5 Å². The van der Waals surface area contributed by atoms with Crippen molar-refractivity contribution in [2.45, 2.75) is 57.9 Å². The van der Waals surface area contributed by atoms with Gasteiger partial charge in [-0.15, -0.1) is 0 Å². The first-order chi connectivity index (χ1) is 16.5. The molecule has 2 aromatic rings. The molecule has 2 fully saturated rings. The number of amides is 2. The number of aromatic nitrogens is 3. The second kappa shape index (κ2) is 11.7. The molecule has 1 unspecified atom stereocenters. The van der Waals surface area contributed by atoms with Crippen LogP contribution in [0, 0.1) is 5.41 Å². The fraction of sp³-hybridized carbons (Fsp3) is 0.600. The van der Waals surface area contributed by atoms with Gasteiger partial charge in [0.15, 0.2) is 0 Å². The van der Waals surface area contributed by atoms with E-state index in [4.69, 9.17) is 16.3 Å². The van der Waals surface area contributed by atoms with Gasteiger partial charge in [-0.3, -0.25) is 14.3 Å². The number of piperidine rings is 2. The van der Waals surface area contributed by atoms with Crippen molar-refractivity contribution in [3.63, 3.8) is 0 Å². The molecule has 1 aromatic heterocycles. The number of hydrogen-bond donors (Lipinski definition) is 0. The van der Waals surface area contributed by atoms with Crippen molar-refractivity contribution in [3.8, 4) is 5.75 Å². The predicted molar refractivity (Wildman–Crippen MR) is 129 cm³/mol. The van der Waals surface area contributed by atoms with Gasteiger partial charge in [-0.2, -0.15) is 5.10 Å². The molecule has 1 aromatic carbocycles. The van der Waals surface area contributed by atoms with Crippen molar-refractivity contribution >= 4 is 23.4 Å². The van der Waals surface area contributed by atoms with E-state index in [1.807, 2.05) is 28.0 Å². The summed E-state index contributed by atoms with van der Waals surface area (Å²) in [7, 11) is 0. The smallest absolute Gasteiger partial charge is 0.223 e. The number of nitrogens with zero attached hydrogens (tertiary/aromatic N) is 5. The first-order valence-electron chi connectivity index (χ1n) is 12.3. The molecule has 2 saturated heterocycles. The van der Waals surface area contributed by atoms with Gasteiger partial charge in [0.05, 0.1) is 6.61 Å². The maximum absolute atomic E-state index is 13.2. The molecule has 2 amide bonds. The molecule has 4 rings (SSSR count). The van der Waals surface area contributed by atoms with Crippen LogP contribution in [0.1, 0.15) is 51.4 Å². The van der Waals surface area contributed by atoms with Crippen molar-refractivity contribution in [3.05, 3.63) is 41.9 Å². The SMILES string of the molecule is O=C(CC1(COc2cccc(Cl)c2)CCCN(C(=O)CCCn2cncn2)C1)N1CCCCC1. The monoisotopic (exact) mass is 487 g/mol. The van der Waals surface area contributed by atoms with Crippen LogP contribution in [0.3, 0.4) is 0 Å². The van der Waals surface area contributed by atoms with Crippen LogP contribution < -0.4 is 4.74 Å². The molecule has 2 aliphatic rings. The lowest BCUT2D eigenvalue weighted by Crippen LogP contribution is -2.51. The summed E-state index contributed by atoms with van der Waals surface area (Å²) in [4.78, 5) is 34.2. The molecule has 34 heavy (non-hydrogen) atoms. The highest BCUT2D eigenvalue weighted by atomic mass is 35.5. The lowest BCUT2D eigenvalue weighted by atomic mass is 9.77. The Morgan fingerprint density at radius 1 is 1.06 bits per heavy atom. The Labute approximate surface area is 206 Å². The second-order valence-electron chi connectivity index (χ2n) is 9.55. The van der Waals surface area contributed by atoms with Crippen LogP contribution in [0.5, 0.6) is 5.75 Å². The lowest BCUT2D eigenvalue weighted by molar-refractivity contribution is -0.142. The normalized spacial score (nSPS) is 20.9. The Morgan fingerprint density at radius 3 is 2.65 bits per heavy atom. The topological polar surface area (TPSA) is 80.6 Å². The highest BCUT2D eigenvalue weighted by Crippen LogP contribution is 2.36. The molecule has 0 spiro atoms. The number of carbonyl (C=O) groups excluding carboxylic acids is 2. The third-order valence-corrected chi connectivity index (χ3v) is 7.07. The predicted octanol–water partition coefficient (Wildman–Crippen LogP) is 3.80. The van der Waals surface area contributed by atoms with E-state index in [0.717, 1.165) is 45.3 Å². The molecule has 0 saturated carbocycles. The number of likely N-dealkylation sites (tertiary alicyclic amines) is 2.